The fraction of sp³-hybridized carbons (Fsp3) is 0.182. The van der Waals surface area contributed by atoms with Crippen molar-refractivity contribution in [2.75, 3.05) is 17.7 Å². The third kappa shape index (κ3) is 5.38. The number of rotatable bonds is 7. The van der Waals surface area contributed by atoms with Gasteiger partial charge in [0, 0.05) is 30.0 Å². The summed E-state index contributed by atoms with van der Waals surface area (Å²) in [7, 11) is -2.06. The molecule has 1 heterocycles. The Hall–Kier alpha value is -3.01. The zero-order valence-corrected chi connectivity index (χ0v) is 19.0. The fourth-order valence-corrected chi connectivity index (χ4v) is 4.68. The summed E-state index contributed by atoms with van der Waals surface area (Å²) in [6, 6.07) is 15.9. The number of anilines is 2. The zero-order chi connectivity index (χ0) is 22.6. The summed E-state index contributed by atoms with van der Waals surface area (Å²) < 4.78 is 26.4. The van der Waals surface area contributed by atoms with Gasteiger partial charge in [-0.25, -0.2) is 8.42 Å². The van der Waals surface area contributed by atoms with Crippen molar-refractivity contribution < 1.29 is 18.0 Å². The van der Waals surface area contributed by atoms with E-state index in [-0.39, 0.29) is 22.8 Å². The quantitative estimate of drug-likeness (QED) is 0.553. The maximum Gasteiger partial charge on any atom is 0.265 e. The van der Waals surface area contributed by atoms with E-state index in [1.54, 1.807) is 62.4 Å². The van der Waals surface area contributed by atoms with Crippen LogP contribution >= 0.6 is 11.3 Å². The Morgan fingerprint density at radius 1 is 0.903 bits per heavy atom. The lowest BCUT2D eigenvalue weighted by Crippen LogP contribution is -2.33. The van der Waals surface area contributed by atoms with Gasteiger partial charge in [0.05, 0.1) is 9.77 Å². The third-order valence-corrected chi connectivity index (χ3v) is 7.56. The molecule has 0 aliphatic carbocycles. The summed E-state index contributed by atoms with van der Waals surface area (Å²) >= 11 is 1.33. The zero-order valence-electron chi connectivity index (χ0n) is 17.3. The highest BCUT2D eigenvalue weighted by atomic mass is 32.2. The third-order valence-electron chi connectivity index (χ3n) is 4.64. The Kier molecular flexibility index (Phi) is 6.89. The first-order valence-corrected chi connectivity index (χ1v) is 11.8. The Morgan fingerprint density at radius 3 is 2.19 bits per heavy atom. The molecule has 2 N–H and O–H groups in total. The number of nitrogens with one attached hydrogen (secondary N) is 2. The van der Waals surface area contributed by atoms with Crippen LogP contribution in [0.2, 0.25) is 0 Å². The molecule has 1 aromatic heterocycles. The molecule has 0 atom stereocenters. The van der Waals surface area contributed by atoms with Gasteiger partial charge < -0.3 is 10.6 Å². The normalized spacial score (nSPS) is 11.5. The van der Waals surface area contributed by atoms with Crippen molar-refractivity contribution in [1.82, 2.24) is 4.31 Å². The Bertz CT molecular complexity index is 1170. The first kappa shape index (κ1) is 22.7. The second kappa shape index (κ2) is 9.42. The Morgan fingerprint density at radius 2 is 1.58 bits per heavy atom. The molecule has 2 aromatic carbocycles. The van der Waals surface area contributed by atoms with E-state index in [9.17, 15) is 18.0 Å². The van der Waals surface area contributed by atoms with E-state index in [0.29, 0.717) is 21.8 Å². The monoisotopic (exact) mass is 457 g/mol. The molecule has 0 aliphatic heterocycles. The number of benzene rings is 2. The van der Waals surface area contributed by atoms with Gasteiger partial charge in [0.25, 0.3) is 11.8 Å². The summed E-state index contributed by atoms with van der Waals surface area (Å²) in [6.07, 6.45) is 0. The van der Waals surface area contributed by atoms with Gasteiger partial charge >= 0.3 is 0 Å². The number of hydrogen-bond acceptors (Lipinski definition) is 5. The molecule has 3 aromatic rings. The maximum atomic E-state index is 12.6. The van der Waals surface area contributed by atoms with E-state index in [2.05, 4.69) is 10.6 Å². The highest BCUT2D eigenvalue weighted by Crippen LogP contribution is 2.20. The molecule has 7 nitrogen and oxygen atoms in total. The minimum absolute atomic E-state index is 0.153. The first-order chi connectivity index (χ1) is 14.7. The van der Waals surface area contributed by atoms with E-state index in [0.717, 1.165) is 0 Å². The second-order valence-electron chi connectivity index (χ2n) is 7.11. The number of sulfonamides is 1. The lowest BCUT2D eigenvalue weighted by atomic mass is 10.1. The van der Waals surface area contributed by atoms with Crippen LogP contribution in [0.15, 0.2) is 70.9 Å². The number of thiophene rings is 1. The second-order valence-corrected chi connectivity index (χ2v) is 10.1. The lowest BCUT2D eigenvalue weighted by Gasteiger charge is -2.21. The predicted octanol–water partition coefficient (Wildman–Crippen LogP) is 4.28. The lowest BCUT2D eigenvalue weighted by molar-refractivity contribution is 0.101. The van der Waals surface area contributed by atoms with Gasteiger partial charge in [0.15, 0.2) is 0 Å². The summed E-state index contributed by atoms with van der Waals surface area (Å²) in [5.41, 5.74) is 1.33. The van der Waals surface area contributed by atoms with E-state index in [4.69, 9.17) is 0 Å². The highest BCUT2D eigenvalue weighted by Gasteiger charge is 2.23. The molecule has 0 spiro atoms. The SMILES string of the molecule is CC(C)N(C)S(=O)(=O)c1ccc(NC(=O)c2cccc(NC(=O)c3cccs3)c2)cc1. The number of amides is 2. The largest absolute Gasteiger partial charge is 0.322 e. The molecule has 0 saturated heterocycles. The predicted molar refractivity (Wildman–Crippen MR) is 123 cm³/mol. The van der Waals surface area contributed by atoms with E-state index in [1.165, 1.54) is 34.8 Å². The van der Waals surface area contributed by atoms with E-state index in [1.807, 2.05) is 5.38 Å². The summed E-state index contributed by atoms with van der Waals surface area (Å²) in [5, 5.41) is 7.32. The molecule has 0 radical (unpaired) electrons. The number of carbonyl (C=O) groups is 2. The van der Waals surface area contributed by atoms with Gasteiger partial charge in [-0.2, -0.15) is 4.31 Å². The average Bonchev–Trinajstić information content (AvgIpc) is 3.29. The van der Waals surface area contributed by atoms with Crippen LogP contribution < -0.4 is 10.6 Å². The van der Waals surface area contributed by atoms with Crippen LogP contribution in [0.3, 0.4) is 0 Å². The van der Waals surface area contributed by atoms with Gasteiger partial charge in [0.1, 0.15) is 0 Å². The van der Waals surface area contributed by atoms with Crippen LogP contribution in [0.5, 0.6) is 0 Å². The van der Waals surface area contributed by atoms with Crippen molar-refractivity contribution in [3.63, 3.8) is 0 Å². The van der Waals surface area contributed by atoms with Crippen molar-refractivity contribution in [2.24, 2.45) is 0 Å². The number of hydrogen-bond donors (Lipinski definition) is 2. The average molecular weight is 458 g/mol. The molecule has 3 rings (SSSR count). The van der Waals surface area contributed by atoms with Crippen LogP contribution in [0.4, 0.5) is 11.4 Å². The minimum Gasteiger partial charge on any atom is -0.322 e. The number of nitrogens with zero attached hydrogens (tertiary/aromatic N) is 1. The molecule has 0 saturated carbocycles. The minimum atomic E-state index is -3.59. The summed E-state index contributed by atoms with van der Waals surface area (Å²) in [6.45, 7) is 3.59. The molecule has 9 heteroatoms. The van der Waals surface area contributed by atoms with E-state index < -0.39 is 10.0 Å². The number of carbonyl (C=O) groups excluding carboxylic acids is 2. The Balaban J connectivity index is 1.70. The molecule has 31 heavy (non-hydrogen) atoms. The van der Waals surface area contributed by atoms with Gasteiger partial charge in [-0.05, 0) is 67.8 Å². The molecule has 162 valence electrons. The molecule has 0 fully saturated rings. The smallest absolute Gasteiger partial charge is 0.265 e. The standard InChI is InChI=1S/C22H23N3O4S2/c1-15(2)25(3)31(28,29)19-11-9-17(10-12-19)23-21(26)16-6-4-7-18(14-16)24-22(27)20-8-5-13-30-20/h4-15H,1-3H3,(H,23,26)(H,24,27). The van der Waals surface area contributed by atoms with Gasteiger partial charge in [-0.3, -0.25) is 9.59 Å². The molecule has 2 amide bonds. The molecule has 0 unspecified atom stereocenters. The first-order valence-electron chi connectivity index (χ1n) is 9.53. The maximum absolute atomic E-state index is 12.6. The van der Waals surface area contributed by atoms with Gasteiger partial charge in [-0.15, -0.1) is 11.3 Å². The molecule has 0 aliphatic rings. The molecular weight excluding hydrogens is 434 g/mol. The summed E-state index contributed by atoms with van der Waals surface area (Å²) in [5.74, 6) is -0.613. The molecule has 0 bridgehead atoms. The van der Waals surface area contributed by atoms with Crippen molar-refractivity contribution in [3.8, 4) is 0 Å². The van der Waals surface area contributed by atoms with Crippen molar-refractivity contribution in [1.29, 1.82) is 0 Å². The van der Waals surface area contributed by atoms with Crippen LogP contribution in [0, 0.1) is 0 Å². The highest BCUT2D eigenvalue weighted by molar-refractivity contribution is 7.89. The van der Waals surface area contributed by atoms with Crippen LogP contribution in [0.1, 0.15) is 33.9 Å². The van der Waals surface area contributed by atoms with E-state index >= 15 is 0 Å². The summed E-state index contributed by atoms with van der Waals surface area (Å²) in [4.78, 5) is 25.5. The molecular formula is C22H23N3O4S2. The Labute approximate surface area is 185 Å². The van der Waals surface area contributed by atoms with Crippen LogP contribution in [-0.4, -0.2) is 37.6 Å². The topological polar surface area (TPSA) is 95.6 Å². The van der Waals surface area contributed by atoms with Crippen LogP contribution in [0.25, 0.3) is 0 Å². The van der Waals surface area contributed by atoms with Gasteiger partial charge in [-0.1, -0.05) is 12.1 Å². The van der Waals surface area contributed by atoms with Crippen LogP contribution in [-0.2, 0) is 10.0 Å². The fourth-order valence-electron chi connectivity index (χ4n) is 2.70. The van der Waals surface area contributed by atoms with Crippen molar-refractivity contribution >= 4 is 44.5 Å². The van der Waals surface area contributed by atoms with Gasteiger partial charge in [0.2, 0.25) is 10.0 Å². The van der Waals surface area contributed by atoms with Crippen molar-refractivity contribution in [2.45, 2.75) is 24.8 Å². The van der Waals surface area contributed by atoms with Crippen molar-refractivity contribution in [3.05, 3.63) is 76.5 Å².